The molecule has 0 amide bonds. The first-order valence-corrected chi connectivity index (χ1v) is 6.45. The van der Waals surface area contributed by atoms with E-state index in [0.717, 1.165) is 10.0 Å². The number of hydrogen-bond donors (Lipinski definition) is 1. The van der Waals surface area contributed by atoms with Crippen molar-refractivity contribution in [1.82, 2.24) is 4.98 Å². The molecule has 5 heteroatoms. The average Bonchev–Trinajstić information content (AvgIpc) is 2.47. The molecule has 4 nitrogen and oxygen atoms in total. The van der Waals surface area contributed by atoms with Crippen molar-refractivity contribution in [3.05, 3.63) is 52.3 Å². The molecule has 0 saturated carbocycles. The van der Waals surface area contributed by atoms with Gasteiger partial charge in [0.25, 0.3) is 0 Å². The maximum Gasteiger partial charge on any atom is 0.137 e. The first kappa shape index (κ1) is 13.8. The largest absolute Gasteiger partial charge is 0.497 e. The van der Waals surface area contributed by atoms with Crippen LogP contribution in [0.15, 0.2) is 41.1 Å². The molecule has 0 aliphatic rings. The quantitative estimate of drug-likeness (QED) is 0.939. The number of aromatic nitrogens is 1. The fourth-order valence-corrected chi connectivity index (χ4v) is 2.20. The van der Waals surface area contributed by atoms with Crippen molar-refractivity contribution < 1.29 is 14.6 Å². The van der Waals surface area contributed by atoms with Crippen molar-refractivity contribution in [2.45, 2.75) is 6.10 Å². The number of methoxy groups -OCH3 is 2. The van der Waals surface area contributed by atoms with E-state index >= 15 is 0 Å². The summed E-state index contributed by atoms with van der Waals surface area (Å²) in [6.45, 7) is 0. The molecule has 2 rings (SSSR count). The van der Waals surface area contributed by atoms with Crippen LogP contribution in [0, 0.1) is 0 Å². The molecule has 0 aliphatic heterocycles. The smallest absolute Gasteiger partial charge is 0.137 e. The number of hydrogen-bond acceptors (Lipinski definition) is 4. The van der Waals surface area contributed by atoms with Crippen LogP contribution in [0.1, 0.15) is 17.2 Å². The van der Waals surface area contributed by atoms with Gasteiger partial charge in [-0.2, -0.15) is 0 Å². The molecule has 19 heavy (non-hydrogen) atoms. The van der Waals surface area contributed by atoms with Crippen LogP contribution >= 0.6 is 15.9 Å². The minimum absolute atomic E-state index is 0.607. The zero-order valence-electron chi connectivity index (χ0n) is 10.6. The summed E-state index contributed by atoms with van der Waals surface area (Å²) >= 11 is 3.43. The Hall–Kier alpha value is -1.59. The molecule has 1 heterocycles. The van der Waals surface area contributed by atoms with Crippen LogP contribution in [0.2, 0.25) is 0 Å². The Bertz CT molecular complexity index is 574. The number of rotatable bonds is 4. The zero-order valence-corrected chi connectivity index (χ0v) is 12.2. The number of benzene rings is 1. The molecule has 0 fully saturated rings. The lowest BCUT2D eigenvalue weighted by atomic mass is 10.0. The normalized spacial score (nSPS) is 12.0. The third kappa shape index (κ3) is 3.05. The van der Waals surface area contributed by atoms with Gasteiger partial charge in [-0.25, -0.2) is 0 Å². The van der Waals surface area contributed by atoms with Crippen LogP contribution in [-0.4, -0.2) is 24.3 Å². The molecule has 0 spiro atoms. The summed E-state index contributed by atoms with van der Waals surface area (Å²) in [4.78, 5) is 4.04. The van der Waals surface area contributed by atoms with Crippen LogP contribution in [0.3, 0.4) is 0 Å². The van der Waals surface area contributed by atoms with E-state index in [-0.39, 0.29) is 0 Å². The Balaban J connectivity index is 2.39. The second-order valence-electron chi connectivity index (χ2n) is 3.95. The molecule has 0 bridgehead atoms. The molecule has 2 aromatic rings. The molecule has 0 radical (unpaired) electrons. The van der Waals surface area contributed by atoms with Gasteiger partial charge < -0.3 is 14.6 Å². The Morgan fingerprint density at radius 3 is 2.53 bits per heavy atom. The first-order valence-electron chi connectivity index (χ1n) is 5.66. The summed E-state index contributed by atoms with van der Waals surface area (Å²) in [6, 6.07) is 7.20. The summed E-state index contributed by atoms with van der Waals surface area (Å²) in [7, 11) is 3.15. The summed E-state index contributed by atoms with van der Waals surface area (Å²) in [5.41, 5.74) is 1.38. The van der Waals surface area contributed by atoms with Gasteiger partial charge in [-0.15, -0.1) is 0 Å². The molecule has 1 N–H and O–H groups in total. The van der Waals surface area contributed by atoms with Gasteiger partial charge in [0.05, 0.1) is 20.4 Å². The molecule has 0 aliphatic carbocycles. The monoisotopic (exact) mass is 323 g/mol. The summed E-state index contributed by atoms with van der Waals surface area (Å²) in [6.07, 6.45) is 2.41. The highest BCUT2D eigenvalue weighted by Crippen LogP contribution is 2.32. The van der Waals surface area contributed by atoms with Crippen molar-refractivity contribution in [3.8, 4) is 11.5 Å². The van der Waals surface area contributed by atoms with Gasteiger partial charge in [-0.05, 0) is 24.3 Å². The van der Waals surface area contributed by atoms with Crippen molar-refractivity contribution in [2.75, 3.05) is 14.2 Å². The van der Waals surface area contributed by atoms with Gasteiger partial charge in [-0.3, -0.25) is 4.98 Å². The lowest BCUT2D eigenvalue weighted by molar-refractivity contribution is 0.218. The molecular formula is C14H14BrNO3. The summed E-state index contributed by atoms with van der Waals surface area (Å²) in [5.74, 6) is 1.30. The minimum Gasteiger partial charge on any atom is -0.497 e. The van der Waals surface area contributed by atoms with Gasteiger partial charge in [-0.1, -0.05) is 15.9 Å². The van der Waals surface area contributed by atoms with Gasteiger partial charge in [0.1, 0.15) is 17.6 Å². The summed E-state index contributed by atoms with van der Waals surface area (Å²) in [5, 5.41) is 10.4. The van der Waals surface area contributed by atoms with Gasteiger partial charge in [0.2, 0.25) is 0 Å². The van der Waals surface area contributed by atoms with Gasteiger partial charge in [0, 0.05) is 21.8 Å². The Morgan fingerprint density at radius 1 is 1.11 bits per heavy atom. The number of ether oxygens (including phenoxy) is 2. The second kappa shape index (κ2) is 6.04. The molecular weight excluding hydrogens is 310 g/mol. The Kier molecular flexibility index (Phi) is 4.39. The highest BCUT2D eigenvalue weighted by Gasteiger charge is 2.15. The highest BCUT2D eigenvalue weighted by molar-refractivity contribution is 9.10. The van der Waals surface area contributed by atoms with Crippen molar-refractivity contribution in [2.24, 2.45) is 0 Å². The maximum atomic E-state index is 10.4. The maximum absolute atomic E-state index is 10.4. The fourth-order valence-electron chi connectivity index (χ4n) is 1.73. The second-order valence-corrected chi connectivity index (χ2v) is 4.80. The predicted octanol–water partition coefficient (Wildman–Crippen LogP) is 2.94. The number of aliphatic hydroxyl groups excluding tert-OH is 1. The van der Waals surface area contributed by atoms with E-state index in [1.165, 1.54) is 0 Å². The van der Waals surface area contributed by atoms with E-state index in [0.29, 0.717) is 17.1 Å². The zero-order chi connectivity index (χ0) is 13.8. The number of halogens is 1. The van der Waals surface area contributed by atoms with Crippen LogP contribution in [0.4, 0.5) is 0 Å². The standard InChI is InChI=1S/C14H14BrNO3/c1-18-10-3-4-13(15)12(6-10)14(17)9-5-11(19-2)8-16-7-9/h3-8,14,17H,1-2H3. The topological polar surface area (TPSA) is 51.6 Å². The highest BCUT2D eigenvalue weighted by atomic mass is 79.9. The average molecular weight is 324 g/mol. The molecule has 1 unspecified atom stereocenters. The minimum atomic E-state index is -0.799. The van der Waals surface area contributed by atoms with Crippen molar-refractivity contribution in [3.63, 3.8) is 0 Å². The third-order valence-electron chi connectivity index (χ3n) is 2.78. The lowest BCUT2D eigenvalue weighted by Crippen LogP contribution is -2.02. The van der Waals surface area contributed by atoms with E-state index in [9.17, 15) is 5.11 Å². The van der Waals surface area contributed by atoms with E-state index in [1.807, 2.05) is 12.1 Å². The van der Waals surface area contributed by atoms with Crippen LogP contribution in [0.25, 0.3) is 0 Å². The van der Waals surface area contributed by atoms with Gasteiger partial charge in [0.15, 0.2) is 0 Å². The summed E-state index contributed by atoms with van der Waals surface area (Å²) < 4.78 is 11.1. The van der Waals surface area contributed by atoms with Crippen LogP contribution in [-0.2, 0) is 0 Å². The van der Waals surface area contributed by atoms with E-state index in [1.54, 1.807) is 38.7 Å². The molecule has 1 aromatic carbocycles. The third-order valence-corrected chi connectivity index (χ3v) is 3.51. The van der Waals surface area contributed by atoms with Crippen LogP contribution in [0.5, 0.6) is 11.5 Å². The lowest BCUT2D eigenvalue weighted by Gasteiger charge is -2.14. The first-order chi connectivity index (χ1) is 9.15. The van der Waals surface area contributed by atoms with E-state index in [4.69, 9.17) is 9.47 Å². The molecule has 0 saturated heterocycles. The van der Waals surface area contributed by atoms with Gasteiger partial charge >= 0.3 is 0 Å². The molecule has 1 aromatic heterocycles. The van der Waals surface area contributed by atoms with E-state index < -0.39 is 6.10 Å². The Labute approximate surface area is 120 Å². The fraction of sp³-hybridized carbons (Fsp3) is 0.214. The molecule has 1 atom stereocenters. The van der Waals surface area contributed by atoms with E-state index in [2.05, 4.69) is 20.9 Å². The Morgan fingerprint density at radius 2 is 1.84 bits per heavy atom. The number of nitrogens with zero attached hydrogens (tertiary/aromatic N) is 1. The number of aliphatic hydroxyl groups is 1. The van der Waals surface area contributed by atoms with Crippen molar-refractivity contribution >= 4 is 15.9 Å². The van der Waals surface area contributed by atoms with Crippen LogP contribution < -0.4 is 9.47 Å². The predicted molar refractivity (Wildman–Crippen MR) is 75.5 cm³/mol. The van der Waals surface area contributed by atoms with Crippen molar-refractivity contribution in [1.29, 1.82) is 0 Å². The SMILES string of the molecule is COc1cncc(C(O)c2cc(OC)ccc2Br)c1. The number of pyridine rings is 1. The molecule has 100 valence electrons.